The van der Waals surface area contributed by atoms with Gasteiger partial charge in [-0.3, -0.25) is 9.36 Å². The number of nitrogens with one attached hydrogen (secondary N) is 1. The predicted octanol–water partition coefficient (Wildman–Crippen LogP) is 4.70. The fourth-order valence-electron chi connectivity index (χ4n) is 4.00. The van der Waals surface area contributed by atoms with Crippen molar-refractivity contribution in [2.24, 2.45) is 5.10 Å². The van der Waals surface area contributed by atoms with Crippen LogP contribution in [0.4, 0.5) is 0 Å². The minimum absolute atomic E-state index is 0.161. The number of hydrogen-bond acceptors (Lipinski definition) is 6. The van der Waals surface area contributed by atoms with Gasteiger partial charge in [0, 0.05) is 11.6 Å². The Morgan fingerprint density at radius 1 is 1.09 bits per heavy atom. The highest BCUT2D eigenvalue weighted by Gasteiger charge is 2.24. The molecule has 2 N–H and O–H groups in total. The summed E-state index contributed by atoms with van der Waals surface area (Å²) in [5, 5.41) is 22.6. The molecule has 0 atom stereocenters. The standard InChI is InChI=1S/C25H27N5O3S/c1-17-7-11-19(12-8-17)23-28-29-25(30(23)21-5-3-2-4-6-21)34-16-22(31)27-26-15-18-9-13-20(14-10-18)24(32)33/h7-15,21H,2-6,16H2,1H3,(H,27,31)(H,32,33)/b26-15-. The fraction of sp³-hybridized carbons (Fsp3) is 0.320. The van der Waals surface area contributed by atoms with Gasteiger partial charge in [-0.05, 0) is 37.5 Å². The van der Waals surface area contributed by atoms with E-state index in [1.54, 1.807) is 12.1 Å². The van der Waals surface area contributed by atoms with Crippen LogP contribution in [0.5, 0.6) is 0 Å². The number of aromatic nitrogens is 3. The molecular formula is C25H27N5O3S. The van der Waals surface area contributed by atoms with Gasteiger partial charge in [-0.25, -0.2) is 10.2 Å². The molecule has 0 bridgehead atoms. The highest BCUT2D eigenvalue weighted by Crippen LogP contribution is 2.35. The van der Waals surface area contributed by atoms with Gasteiger partial charge in [0.1, 0.15) is 0 Å². The SMILES string of the molecule is Cc1ccc(-c2nnc(SCC(=O)N/N=C\c3ccc(C(=O)O)cc3)n2C2CCCCC2)cc1. The summed E-state index contributed by atoms with van der Waals surface area (Å²) in [6, 6.07) is 14.9. The molecule has 9 heteroatoms. The lowest BCUT2D eigenvalue weighted by Crippen LogP contribution is -2.20. The van der Waals surface area contributed by atoms with Crippen LogP contribution in [0.3, 0.4) is 0 Å². The summed E-state index contributed by atoms with van der Waals surface area (Å²) in [5.41, 5.74) is 5.63. The van der Waals surface area contributed by atoms with E-state index in [0.29, 0.717) is 11.6 Å². The average Bonchev–Trinajstić information content (AvgIpc) is 3.28. The molecular weight excluding hydrogens is 450 g/mol. The van der Waals surface area contributed by atoms with Crippen molar-refractivity contribution in [2.45, 2.75) is 50.2 Å². The topological polar surface area (TPSA) is 109 Å². The first-order valence-corrected chi connectivity index (χ1v) is 12.3. The number of carboxylic acids is 1. The van der Waals surface area contributed by atoms with Crippen LogP contribution in [0.15, 0.2) is 58.8 Å². The van der Waals surface area contributed by atoms with E-state index in [1.165, 1.54) is 54.9 Å². The number of hydrazone groups is 1. The van der Waals surface area contributed by atoms with Crippen LogP contribution in [0.1, 0.15) is 59.6 Å². The number of aromatic carboxylic acids is 1. The molecule has 1 heterocycles. The molecule has 1 fully saturated rings. The predicted molar refractivity (Wildman–Crippen MR) is 132 cm³/mol. The Morgan fingerprint density at radius 2 is 1.79 bits per heavy atom. The molecule has 0 unspecified atom stereocenters. The minimum atomic E-state index is -0.986. The summed E-state index contributed by atoms with van der Waals surface area (Å²) in [4.78, 5) is 23.3. The van der Waals surface area contributed by atoms with Crippen molar-refractivity contribution < 1.29 is 14.7 Å². The molecule has 8 nitrogen and oxygen atoms in total. The number of hydrogen-bond donors (Lipinski definition) is 2. The van der Waals surface area contributed by atoms with E-state index in [4.69, 9.17) is 5.11 Å². The summed E-state index contributed by atoms with van der Waals surface area (Å²) >= 11 is 1.36. The third-order valence-corrected chi connectivity index (χ3v) is 6.75. The lowest BCUT2D eigenvalue weighted by Gasteiger charge is -2.25. The van der Waals surface area contributed by atoms with Crippen molar-refractivity contribution in [1.29, 1.82) is 0 Å². The maximum absolute atomic E-state index is 12.4. The molecule has 1 saturated carbocycles. The smallest absolute Gasteiger partial charge is 0.335 e. The molecule has 1 aromatic heterocycles. The summed E-state index contributed by atoms with van der Waals surface area (Å²) in [7, 11) is 0. The van der Waals surface area contributed by atoms with Crippen molar-refractivity contribution in [2.75, 3.05) is 5.75 Å². The molecule has 4 rings (SSSR count). The molecule has 3 aromatic rings. The zero-order valence-corrected chi connectivity index (χ0v) is 19.8. The van der Waals surface area contributed by atoms with Gasteiger partial charge in [-0.1, -0.05) is 73.0 Å². The zero-order valence-electron chi connectivity index (χ0n) is 19.0. The van der Waals surface area contributed by atoms with Crippen LogP contribution in [0.2, 0.25) is 0 Å². The second kappa shape index (κ2) is 11.1. The maximum Gasteiger partial charge on any atom is 0.335 e. The third kappa shape index (κ3) is 5.91. The van der Waals surface area contributed by atoms with Crippen molar-refractivity contribution in [3.63, 3.8) is 0 Å². The highest BCUT2D eigenvalue weighted by molar-refractivity contribution is 7.99. The largest absolute Gasteiger partial charge is 0.478 e. The van der Waals surface area contributed by atoms with Crippen LogP contribution < -0.4 is 5.43 Å². The van der Waals surface area contributed by atoms with Gasteiger partial charge in [0.05, 0.1) is 17.5 Å². The summed E-state index contributed by atoms with van der Waals surface area (Å²) in [6.45, 7) is 2.06. The number of aryl methyl sites for hydroxylation is 1. The van der Waals surface area contributed by atoms with Crippen LogP contribution in [0.25, 0.3) is 11.4 Å². The zero-order chi connectivity index (χ0) is 23.9. The van der Waals surface area contributed by atoms with Crippen molar-refractivity contribution >= 4 is 29.9 Å². The summed E-state index contributed by atoms with van der Waals surface area (Å²) in [5.74, 6) is -0.231. The maximum atomic E-state index is 12.4. The Labute approximate surface area is 202 Å². The van der Waals surface area contributed by atoms with E-state index >= 15 is 0 Å². The van der Waals surface area contributed by atoms with Gasteiger partial charge in [-0.15, -0.1) is 10.2 Å². The fourth-order valence-corrected chi connectivity index (χ4v) is 4.79. The molecule has 2 aromatic carbocycles. The van der Waals surface area contributed by atoms with E-state index < -0.39 is 5.97 Å². The van der Waals surface area contributed by atoms with Crippen molar-refractivity contribution in [1.82, 2.24) is 20.2 Å². The molecule has 34 heavy (non-hydrogen) atoms. The second-order valence-corrected chi connectivity index (χ2v) is 9.29. The second-order valence-electron chi connectivity index (χ2n) is 8.34. The molecule has 0 aliphatic heterocycles. The van der Waals surface area contributed by atoms with Crippen LogP contribution >= 0.6 is 11.8 Å². The van der Waals surface area contributed by atoms with Crippen LogP contribution in [0, 0.1) is 6.92 Å². The number of carbonyl (C=O) groups is 2. The highest BCUT2D eigenvalue weighted by atomic mass is 32.2. The van der Waals surface area contributed by atoms with Gasteiger partial charge in [-0.2, -0.15) is 5.10 Å². The molecule has 1 aliphatic carbocycles. The summed E-state index contributed by atoms with van der Waals surface area (Å²) in [6.07, 6.45) is 7.27. The average molecular weight is 478 g/mol. The van der Waals surface area contributed by atoms with Gasteiger partial charge in [0.2, 0.25) is 0 Å². The Bertz CT molecular complexity index is 1170. The Balaban J connectivity index is 1.42. The molecule has 0 radical (unpaired) electrons. The Morgan fingerprint density at radius 3 is 2.47 bits per heavy atom. The number of nitrogens with zero attached hydrogens (tertiary/aromatic N) is 4. The van der Waals surface area contributed by atoms with Crippen molar-refractivity contribution in [3.8, 4) is 11.4 Å². The number of amides is 1. The lowest BCUT2D eigenvalue weighted by atomic mass is 9.95. The van der Waals surface area contributed by atoms with E-state index in [-0.39, 0.29) is 17.2 Å². The Kier molecular flexibility index (Phi) is 7.74. The number of rotatable bonds is 8. The van der Waals surface area contributed by atoms with E-state index in [2.05, 4.69) is 56.5 Å². The van der Waals surface area contributed by atoms with Gasteiger partial charge in [0.15, 0.2) is 11.0 Å². The first kappa shape index (κ1) is 23.7. The quantitative estimate of drug-likeness (QED) is 0.276. The summed E-state index contributed by atoms with van der Waals surface area (Å²) < 4.78 is 2.20. The van der Waals surface area contributed by atoms with Gasteiger partial charge < -0.3 is 5.11 Å². The lowest BCUT2D eigenvalue weighted by molar-refractivity contribution is -0.118. The monoisotopic (exact) mass is 477 g/mol. The number of carboxylic acid groups (broad SMARTS) is 1. The van der Waals surface area contributed by atoms with Gasteiger partial charge >= 0.3 is 5.97 Å². The Hall–Kier alpha value is -3.46. The number of benzene rings is 2. The number of thioether (sulfide) groups is 1. The number of carbonyl (C=O) groups excluding carboxylic acids is 1. The first-order valence-electron chi connectivity index (χ1n) is 11.3. The van der Waals surface area contributed by atoms with Crippen LogP contribution in [-0.4, -0.2) is 43.7 Å². The normalized spacial score (nSPS) is 14.4. The third-order valence-electron chi connectivity index (χ3n) is 5.81. The van der Waals surface area contributed by atoms with E-state index in [9.17, 15) is 9.59 Å². The van der Waals surface area contributed by atoms with Gasteiger partial charge in [0.25, 0.3) is 5.91 Å². The minimum Gasteiger partial charge on any atom is -0.478 e. The van der Waals surface area contributed by atoms with E-state index in [0.717, 1.165) is 29.4 Å². The van der Waals surface area contributed by atoms with E-state index in [1.807, 2.05) is 0 Å². The van der Waals surface area contributed by atoms with Crippen molar-refractivity contribution in [3.05, 3.63) is 65.2 Å². The molecule has 1 amide bonds. The molecule has 0 spiro atoms. The van der Waals surface area contributed by atoms with Crippen LogP contribution in [-0.2, 0) is 4.79 Å². The molecule has 0 saturated heterocycles. The molecule has 1 aliphatic rings. The first-order chi connectivity index (χ1) is 16.5. The molecule has 176 valence electrons.